The van der Waals surface area contributed by atoms with Crippen LogP contribution in [0.1, 0.15) is 33.3 Å². The second-order valence-corrected chi connectivity index (χ2v) is 8.45. The lowest BCUT2D eigenvalue weighted by Gasteiger charge is -2.80. The molecule has 0 aromatic heterocycles. The smallest absolute Gasteiger partial charge is 0.251 e. The monoisotopic (exact) mass is 445 g/mol. The lowest BCUT2D eigenvalue weighted by atomic mass is 9.30. The van der Waals surface area contributed by atoms with Crippen LogP contribution in [0.2, 0.25) is 0 Å². The molecule has 3 unspecified atom stereocenters. The van der Waals surface area contributed by atoms with Crippen molar-refractivity contribution in [2.24, 2.45) is 0 Å². The summed E-state index contributed by atoms with van der Waals surface area (Å²) in [5.41, 5.74) is -5.89. The summed E-state index contributed by atoms with van der Waals surface area (Å²) in [6.07, 6.45) is -3.29. The number of fused-ring (bicyclic) bond motifs is 1. The fraction of sp³-hybridized carbons (Fsp3) is 0.435. The van der Waals surface area contributed by atoms with Crippen LogP contribution in [0.15, 0.2) is 48.5 Å². The van der Waals surface area contributed by atoms with Crippen LogP contribution in [0.5, 0.6) is 5.75 Å². The maximum absolute atomic E-state index is 11.8. The molecule has 7 N–H and O–H groups in total. The third-order valence-electron chi connectivity index (χ3n) is 7.21. The molecular formula is C23H27NO8. The topological polar surface area (TPSA) is 160 Å². The fourth-order valence-corrected chi connectivity index (χ4v) is 5.60. The van der Waals surface area contributed by atoms with Gasteiger partial charge in [-0.15, -0.1) is 0 Å². The van der Waals surface area contributed by atoms with Gasteiger partial charge in [-0.2, -0.15) is 0 Å². The first-order valence-electron chi connectivity index (χ1n) is 10.2. The zero-order valence-electron chi connectivity index (χ0n) is 17.6. The van der Waals surface area contributed by atoms with Gasteiger partial charge in [0.25, 0.3) is 5.91 Å². The molecule has 2 aromatic carbocycles. The Kier molecular flexibility index (Phi) is 5.32. The molecule has 0 radical (unpaired) electrons. The quantitative estimate of drug-likeness (QED) is 0.294. The second-order valence-electron chi connectivity index (χ2n) is 8.45. The second kappa shape index (κ2) is 7.51. The Bertz CT molecular complexity index is 1010. The van der Waals surface area contributed by atoms with Crippen molar-refractivity contribution in [3.05, 3.63) is 65.2 Å². The summed E-state index contributed by atoms with van der Waals surface area (Å²) in [5, 5.41) is 68.1. The Morgan fingerprint density at radius 1 is 1.06 bits per heavy atom. The van der Waals surface area contributed by atoms with Crippen LogP contribution in [-0.4, -0.2) is 86.3 Å². The molecule has 2 fully saturated rings. The van der Waals surface area contributed by atoms with Crippen LogP contribution in [0.3, 0.4) is 0 Å². The fourth-order valence-electron chi connectivity index (χ4n) is 5.60. The van der Waals surface area contributed by atoms with Crippen molar-refractivity contribution < 1.29 is 40.2 Å². The van der Waals surface area contributed by atoms with Gasteiger partial charge < -0.3 is 40.7 Å². The Morgan fingerprint density at radius 3 is 2.12 bits per heavy atom. The zero-order chi connectivity index (χ0) is 23.5. The summed E-state index contributed by atoms with van der Waals surface area (Å²) in [6.45, 7) is -0.882. The van der Waals surface area contributed by atoms with Crippen molar-refractivity contribution in [1.82, 2.24) is 5.32 Å². The summed E-state index contributed by atoms with van der Waals surface area (Å²) in [6, 6.07) is 12.3. The van der Waals surface area contributed by atoms with Crippen LogP contribution in [0.25, 0.3) is 0 Å². The third kappa shape index (κ3) is 2.52. The molecule has 7 atom stereocenters. The highest BCUT2D eigenvalue weighted by atomic mass is 16.5. The molecule has 2 saturated carbocycles. The molecule has 32 heavy (non-hydrogen) atoms. The SMILES string of the molecule is CNC(=O)c1ccc(C2[C@]3(O)C(O)C(c4ccc(OC)cc4)[C@]3(O)[C@]2(O)[C@H](O)CO)cc1. The van der Waals surface area contributed by atoms with Gasteiger partial charge in [0.2, 0.25) is 0 Å². The Hall–Kier alpha value is -2.53. The number of rotatable bonds is 6. The van der Waals surface area contributed by atoms with Crippen molar-refractivity contribution >= 4 is 5.91 Å². The number of aliphatic hydroxyl groups is 6. The average Bonchev–Trinajstić information content (AvgIpc) is 2.83. The molecule has 0 aliphatic heterocycles. The Balaban J connectivity index is 1.78. The standard InChI is InChI=1S/C23H27NO8/c1-24-20(28)14-5-3-13(4-6-14)18-21(29,16(26)11-25)23(31)17(19(27)22(18,23)30)12-7-9-15(32-2)10-8-12/h3-10,16-19,25-27,29-31H,11H2,1-2H3,(H,24,28)/t16-,17?,18?,19?,21+,22+,23+/m1/s1. The summed E-state index contributed by atoms with van der Waals surface area (Å²) < 4.78 is 5.12. The Morgan fingerprint density at radius 2 is 1.62 bits per heavy atom. The van der Waals surface area contributed by atoms with E-state index in [1.54, 1.807) is 24.3 Å². The molecule has 172 valence electrons. The molecular weight excluding hydrogens is 418 g/mol. The highest BCUT2D eigenvalue weighted by Crippen LogP contribution is 2.75. The van der Waals surface area contributed by atoms with Gasteiger partial charge >= 0.3 is 0 Å². The minimum Gasteiger partial charge on any atom is -0.497 e. The van der Waals surface area contributed by atoms with Gasteiger partial charge in [0.1, 0.15) is 28.7 Å². The molecule has 2 aliphatic rings. The first kappa shape index (κ1) is 22.7. The number of carbonyl (C=O) groups is 1. The lowest BCUT2D eigenvalue weighted by Crippen LogP contribution is -2.99. The van der Waals surface area contributed by atoms with E-state index >= 15 is 0 Å². The summed E-state index contributed by atoms with van der Waals surface area (Å²) in [7, 11) is 2.97. The number of benzene rings is 2. The number of nitrogens with one attached hydrogen (secondary N) is 1. The molecule has 0 spiro atoms. The number of carbonyl (C=O) groups excluding carboxylic acids is 1. The minimum atomic E-state index is -2.38. The van der Waals surface area contributed by atoms with E-state index in [0.717, 1.165) is 0 Å². The van der Waals surface area contributed by atoms with Gasteiger partial charge in [0, 0.05) is 18.5 Å². The van der Waals surface area contributed by atoms with Gasteiger partial charge in [-0.05, 0) is 35.4 Å². The van der Waals surface area contributed by atoms with Gasteiger partial charge in [-0.1, -0.05) is 24.3 Å². The van der Waals surface area contributed by atoms with E-state index in [2.05, 4.69) is 5.32 Å². The van der Waals surface area contributed by atoms with Crippen LogP contribution in [0, 0.1) is 0 Å². The van der Waals surface area contributed by atoms with E-state index in [-0.39, 0.29) is 11.5 Å². The van der Waals surface area contributed by atoms with E-state index in [1.165, 1.54) is 38.4 Å². The van der Waals surface area contributed by atoms with Crippen LogP contribution < -0.4 is 10.1 Å². The van der Waals surface area contributed by atoms with E-state index < -0.39 is 47.5 Å². The average molecular weight is 445 g/mol. The molecule has 0 bridgehead atoms. The molecule has 0 heterocycles. The summed E-state index contributed by atoms with van der Waals surface area (Å²) in [4.78, 5) is 11.8. The molecule has 2 aliphatic carbocycles. The number of hydrogen-bond acceptors (Lipinski definition) is 8. The third-order valence-corrected chi connectivity index (χ3v) is 7.21. The van der Waals surface area contributed by atoms with Gasteiger partial charge in [0.15, 0.2) is 0 Å². The van der Waals surface area contributed by atoms with Gasteiger partial charge in [0.05, 0.1) is 25.7 Å². The van der Waals surface area contributed by atoms with Gasteiger partial charge in [-0.3, -0.25) is 4.79 Å². The lowest BCUT2D eigenvalue weighted by molar-refractivity contribution is -0.459. The first-order chi connectivity index (χ1) is 15.1. The highest BCUT2D eigenvalue weighted by molar-refractivity contribution is 5.94. The minimum absolute atomic E-state index is 0.284. The van der Waals surface area contributed by atoms with Crippen LogP contribution in [-0.2, 0) is 0 Å². The van der Waals surface area contributed by atoms with E-state index in [1.807, 2.05) is 0 Å². The van der Waals surface area contributed by atoms with Crippen molar-refractivity contribution in [3.63, 3.8) is 0 Å². The molecule has 1 amide bonds. The molecule has 9 heteroatoms. The molecule has 2 aromatic rings. The predicted octanol–water partition coefficient (Wildman–Crippen LogP) is -1.14. The van der Waals surface area contributed by atoms with E-state index in [9.17, 15) is 35.4 Å². The predicted molar refractivity (Wildman–Crippen MR) is 112 cm³/mol. The number of hydrogen-bond donors (Lipinski definition) is 7. The van der Waals surface area contributed by atoms with Gasteiger partial charge in [-0.25, -0.2) is 0 Å². The number of aliphatic hydroxyl groups excluding tert-OH is 3. The highest BCUT2D eigenvalue weighted by Gasteiger charge is 2.93. The van der Waals surface area contributed by atoms with Crippen molar-refractivity contribution in [1.29, 1.82) is 0 Å². The van der Waals surface area contributed by atoms with Crippen molar-refractivity contribution in [2.75, 3.05) is 20.8 Å². The number of ether oxygens (including phenoxy) is 1. The van der Waals surface area contributed by atoms with E-state index in [0.29, 0.717) is 16.9 Å². The molecule has 0 saturated heterocycles. The maximum Gasteiger partial charge on any atom is 0.251 e. The zero-order valence-corrected chi connectivity index (χ0v) is 17.6. The maximum atomic E-state index is 11.8. The first-order valence-corrected chi connectivity index (χ1v) is 10.2. The number of methoxy groups -OCH3 is 1. The van der Waals surface area contributed by atoms with Crippen LogP contribution >= 0.6 is 0 Å². The van der Waals surface area contributed by atoms with Crippen molar-refractivity contribution in [3.8, 4) is 5.75 Å². The number of amides is 1. The normalized spacial score (nSPS) is 36.3. The van der Waals surface area contributed by atoms with E-state index in [4.69, 9.17) is 4.74 Å². The Labute approximate surface area is 184 Å². The molecule has 4 rings (SSSR count). The van der Waals surface area contributed by atoms with Crippen LogP contribution in [0.4, 0.5) is 0 Å². The summed E-state index contributed by atoms with van der Waals surface area (Å²) in [5.74, 6) is -2.26. The summed E-state index contributed by atoms with van der Waals surface area (Å²) >= 11 is 0. The largest absolute Gasteiger partial charge is 0.497 e. The molecule has 9 nitrogen and oxygen atoms in total. The van der Waals surface area contributed by atoms with Crippen molar-refractivity contribution in [2.45, 2.75) is 40.8 Å².